The number of rotatable bonds is 4. The monoisotopic (exact) mass is 416 g/mol. The second-order valence-corrected chi connectivity index (χ2v) is 8.36. The van der Waals surface area contributed by atoms with Gasteiger partial charge in [0.25, 0.3) is 0 Å². The molecule has 6 nitrogen and oxygen atoms in total. The quantitative estimate of drug-likeness (QED) is 0.710. The smallest absolute Gasteiger partial charge is 0.352 e. The first kappa shape index (κ1) is 21.6. The minimum absolute atomic E-state index is 0. The number of nitrogens with zero attached hydrogens (tertiary/aromatic N) is 2. The van der Waals surface area contributed by atoms with E-state index in [-0.39, 0.29) is 18.3 Å². The fourth-order valence-corrected chi connectivity index (χ4v) is 5.21. The Balaban J connectivity index is 0.00000243. The number of thioether (sulfide) groups is 1. The number of fused-ring (bicyclic) bond motifs is 1. The molecule has 2 amide bonds. The zero-order chi connectivity index (χ0) is 18.2. The van der Waals surface area contributed by atoms with Crippen LogP contribution >= 0.6 is 24.2 Å². The molecule has 0 aromatic carbocycles. The van der Waals surface area contributed by atoms with Crippen molar-refractivity contribution in [2.75, 3.05) is 38.5 Å². The number of nitrogens with one attached hydrogen (secondary N) is 2. The average Bonchev–Trinajstić information content (AvgIpc) is 3.04. The maximum atomic E-state index is 13.4. The molecular weight excluding hydrogens is 393 g/mol. The molecule has 3 rings (SSSR count). The van der Waals surface area contributed by atoms with Gasteiger partial charge in [0.05, 0.1) is 4.87 Å². The van der Waals surface area contributed by atoms with Crippen molar-refractivity contribution >= 4 is 36.0 Å². The molecule has 150 valence electrons. The predicted octanol–water partition coefficient (Wildman–Crippen LogP) is 0.814. The van der Waals surface area contributed by atoms with E-state index in [0.717, 1.165) is 0 Å². The van der Waals surface area contributed by atoms with Gasteiger partial charge in [-0.1, -0.05) is 0 Å². The van der Waals surface area contributed by atoms with E-state index in [0.29, 0.717) is 44.8 Å². The van der Waals surface area contributed by atoms with E-state index in [1.165, 1.54) is 16.7 Å². The maximum Gasteiger partial charge on any atom is 0.405 e. The highest BCUT2D eigenvalue weighted by Gasteiger charge is 2.53. The topological polar surface area (TPSA) is 64.7 Å². The third-order valence-corrected chi connectivity index (χ3v) is 6.69. The van der Waals surface area contributed by atoms with Gasteiger partial charge in [0, 0.05) is 44.9 Å². The molecule has 0 saturated carbocycles. The van der Waals surface area contributed by atoms with Gasteiger partial charge in [0.1, 0.15) is 12.1 Å². The van der Waals surface area contributed by atoms with Gasteiger partial charge in [-0.25, -0.2) is 0 Å². The third kappa shape index (κ3) is 4.23. The summed E-state index contributed by atoms with van der Waals surface area (Å²) in [6.07, 6.45) is -3.35. The Hall–Kier alpha value is -0.710. The summed E-state index contributed by atoms with van der Waals surface area (Å²) in [6.45, 7) is 3.02. The van der Waals surface area contributed by atoms with E-state index in [1.807, 2.05) is 6.92 Å². The SMILES string of the molecule is CC12CCC(=O)N1C(C(=O)NCC(N1CCNCC1)C(F)(F)F)CS2.Cl. The first-order chi connectivity index (χ1) is 11.7. The third-order valence-electron chi connectivity index (χ3n) is 5.19. The standard InChI is InChI=1S/C15H23F3N4O2S.ClH/c1-14-3-2-12(23)22(14)10(9-25-14)13(24)20-8-11(15(16,17)18)21-6-4-19-5-7-21;/h10-11,19H,2-9H2,1H3,(H,20,24);1H. The molecule has 3 unspecified atom stereocenters. The molecule has 0 bridgehead atoms. The molecule has 3 aliphatic rings. The van der Waals surface area contributed by atoms with Crippen LogP contribution < -0.4 is 10.6 Å². The van der Waals surface area contributed by atoms with Gasteiger partial charge in [-0.2, -0.15) is 13.2 Å². The highest BCUT2D eigenvalue weighted by Crippen LogP contribution is 2.47. The molecule has 0 radical (unpaired) electrons. The van der Waals surface area contributed by atoms with E-state index in [2.05, 4.69) is 10.6 Å². The van der Waals surface area contributed by atoms with Crippen LogP contribution in [0.15, 0.2) is 0 Å². The van der Waals surface area contributed by atoms with Crippen molar-refractivity contribution in [2.24, 2.45) is 0 Å². The summed E-state index contributed by atoms with van der Waals surface area (Å²) in [4.78, 5) is 27.0. The molecule has 3 heterocycles. The molecule has 0 aromatic heterocycles. The summed E-state index contributed by atoms with van der Waals surface area (Å²) in [5, 5.41) is 5.47. The number of carbonyl (C=O) groups excluding carboxylic acids is 2. The van der Waals surface area contributed by atoms with Crippen molar-refractivity contribution in [3.8, 4) is 0 Å². The van der Waals surface area contributed by atoms with E-state index in [9.17, 15) is 22.8 Å². The Morgan fingerprint density at radius 1 is 1.42 bits per heavy atom. The Labute approximate surface area is 161 Å². The number of hydrogen-bond acceptors (Lipinski definition) is 5. The lowest BCUT2D eigenvalue weighted by molar-refractivity contribution is -0.184. The molecule has 3 saturated heterocycles. The Morgan fingerprint density at radius 3 is 2.69 bits per heavy atom. The highest BCUT2D eigenvalue weighted by molar-refractivity contribution is 8.01. The minimum atomic E-state index is -4.41. The molecule has 26 heavy (non-hydrogen) atoms. The fraction of sp³-hybridized carbons (Fsp3) is 0.867. The van der Waals surface area contributed by atoms with Crippen molar-refractivity contribution in [1.82, 2.24) is 20.4 Å². The second-order valence-electron chi connectivity index (χ2n) is 6.85. The number of piperazine rings is 1. The Morgan fingerprint density at radius 2 is 2.08 bits per heavy atom. The molecule has 3 atom stereocenters. The summed E-state index contributed by atoms with van der Waals surface area (Å²) >= 11 is 1.53. The van der Waals surface area contributed by atoms with Crippen molar-refractivity contribution in [3.63, 3.8) is 0 Å². The zero-order valence-electron chi connectivity index (χ0n) is 14.5. The van der Waals surface area contributed by atoms with Gasteiger partial charge in [-0.05, 0) is 13.3 Å². The van der Waals surface area contributed by atoms with Crippen LogP contribution in [0.2, 0.25) is 0 Å². The van der Waals surface area contributed by atoms with E-state index in [1.54, 1.807) is 4.90 Å². The largest absolute Gasteiger partial charge is 0.405 e. The van der Waals surface area contributed by atoms with Crippen LogP contribution in [-0.2, 0) is 9.59 Å². The lowest BCUT2D eigenvalue weighted by Crippen LogP contribution is -2.59. The van der Waals surface area contributed by atoms with E-state index in [4.69, 9.17) is 0 Å². The summed E-state index contributed by atoms with van der Waals surface area (Å²) in [6, 6.07) is -2.38. The van der Waals surface area contributed by atoms with Crippen LogP contribution in [0.3, 0.4) is 0 Å². The van der Waals surface area contributed by atoms with E-state index < -0.39 is 35.6 Å². The lowest BCUT2D eigenvalue weighted by atomic mass is 10.1. The number of carbonyl (C=O) groups is 2. The van der Waals surface area contributed by atoms with Gasteiger partial charge >= 0.3 is 6.18 Å². The zero-order valence-corrected chi connectivity index (χ0v) is 16.1. The summed E-state index contributed by atoms with van der Waals surface area (Å²) in [5.41, 5.74) is 0. The van der Waals surface area contributed by atoms with Crippen LogP contribution in [-0.4, -0.2) is 83.2 Å². The van der Waals surface area contributed by atoms with Crippen LogP contribution in [0.25, 0.3) is 0 Å². The van der Waals surface area contributed by atoms with Gasteiger partial charge in [-0.3, -0.25) is 14.5 Å². The van der Waals surface area contributed by atoms with Crippen molar-refractivity contribution < 1.29 is 22.8 Å². The molecule has 0 aliphatic carbocycles. The number of amides is 2. The molecule has 3 fully saturated rings. The Bertz CT molecular complexity index is 547. The first-order valence-corrected chi connectivity index (χ1v) is 9.46. The van der Waals surface area contributed by atoms with Crippen LogP contribution in [0, 0.1) is 0 Å². The van der Waals surface area contributed by atoms with Gasteiger partial charge in [0.15, 0.2) is 0 Å². The van der Waals surface area contributed by atoms with Crippen LogP contribution in [0.4, 0.5) is 13.2 Å². The van der Waals surface area contributed by atoms with Crippen LogP contribution in [0.5, 0.6) is 0 Å². The molecule has 2 N–H and O–H groups in total. The first-order valence-electron chi connectivity index (χ1n) is 8.48. The number of hydrogen-bond donors (Lipinski definition) is 2. The minimum Gasteiger partial charge on any atom is -0.352 e. The van der Waals surface area contributed by atoms with Gasteiger partial charge in [-0.15, -0.1) is 24.2 Å². The molecule has 0 spiro atoms. The normalized spacial score (nSPS) is 30.7. The lowest BCUT2D eigenvalue weighted by Gasteiger charge is -2.36. The summed E-state index contributed by atoms with van der Waals surface area (Å²) < 4.78 is 40.2. The molecule has 0 aromatic rings. The van der Waals surface area contributed by atoms with Crippen molar-refractivity contribution in [2.45, 2.75) is 42.9 Å². The summed E-state index contributed by atoms with van der Waals surface area (Å²) in [7, 11) is 0. The number of halogens is 4. The average molecular weight is 417 g/mol. The number of alkyl halides is 3. The van der Waals surface area contributed by atoms with E-state index >= 15 is 0 Å². The molecular formula is C15H24ClF3N4O2S. The van der Waals surface area contributed by atoms with Crippen LogP contribution in [0.1, 0.15) is 19.8 Å². The van der Waals surface area contributed by atoms with Crippen molar-refractivity contribution in [1.29, 1.82) is 0 Å². The molecule has 11 heteroatoms. The maximum absolute atomic E-state index is 13.4. The fourth-order valence-electron chi connectivity index (χ4n) is 3.78. The van der Waals surface area contributed by atoms with Gasteiger partial charge in [0.2, 0.25) is 11.8 Å². The second kappa shape index (κ2) is 8.12. The Kier molecular flexibility index (Phi) is 6.74. The predicted molar refractivity (Wildman–Crippen MR) is 95.3 cm³/mol. The van der Waals surface area contributed by atoms with Gasteiger partial charge < -0.3 is 15.5 Å². The molecule has 3 aliphatic heterocycles. The van der Waals surface area contributed by atoms with Crippen molar-refractivity contribution in [3.05, 3.63) is 0 Å². The highest BCUT2D eigenvalue weighted by atomic mass is 35.5. The summed E-state index contributed by atoms with van der Waals surface area (Å²) in [5.74, 6) is -0.156.